The first-order chi connectivity index (χ1) is 22.1. The number of methoxy groups -OCH3 is 1. The van der Waals surface area contributed by atoms with Crippen LogP contribution in [0.1, 0.15) is 37.0 Å². The van der Waals surface area contributed by atoms with E-state index in [1.54, 1.807) is 31.4 Å². The SMILES string of the molecule is COc1ccc(CC(NC(=O)C(CC(C)C)NC(=O)OCc2ccccc2)C(=O)C(=O)NCCc2cn(C)c3ccccc23)cc1. The van der Waals surface area contributed by atoms with E-state index < -0.39 is 35.8 Å². The van der Waals surface area contributed by atoms with Gasteiger partial charge >= 0.3 is 6.09 Å². The number of nitrogens with zero attached hydrogens (tertiary/aromatic N) is 1. The van der Waals surface area contributed by atoms with Crippen LogP contribution in [-0.4, -0.2) is 54.0 Å². The number of hydrogen-bond acceptors (Lipinski definition) is 6. The Morgan fingerprint density at radius 2 is 1.52 bits per heavy atom. The molecule has 0 aliphatic heterocycles. The van der Waals surface area contributed by atoms with Crippen molar-refractivity contribution in [1.29, 1.82) is 0 Å². The maximum Gasteiger partial charge on any atom is 0.408 e. The van der Waals surface area contributed by atoms with Gasteiger partial charge in [-0.2, -0.15) is 0 Å². The zero-order valence-corrected chi connectivity index (χ0v) is 26.7. The molecule has 0 bridgehead atoms. The van der Waals surface area contributed by atoms with Crippen molar-refractivity contribution in [2.24, 2.45) is 13.0 Å². The van der Waals surface area contributed by atoms with Crippen LogP contribution < -0.4 is 20.7 Å². The molecule has 46 heavy (non-hydrogen) atoms. The van der Waals surface area contributed by atoms with E-state index in [0.717, 1.165) is 27.6 Å². The number of amides is 3. The molecule has 0 saturated heterocycles. The number of para-hydroxylation sites is 1. The molecule has 242 valence electrons. The van der Waals surface area contributed by atoms with Gasteiger partial charge in [-0.15, -0.1) is 0 Å². The summed E-state index contributed by atoms with van der Waals surface area (Å²) in [6.45, 7) is 4.12. The smallest absolute Gasteiger partial charge is 0.408 e. The van der Waals surface area contributed by atoms with Gasteiger partial charge in [-0.05, 0) is 53.6 Å². The Morgan fingerprint density at radius 1 is 0.826 bits per heavy atom. The number of fused-ring (bicyclic) bond motifs is 1. The summed E-state index contributed by atoms with van der Waals surface area (Å²) in [5.74, 6) is -1.48. The Balaban J connectivity index is 1.44. The molecule has 0 spiro atoms. The fraction of sp³-hybridized carbons (Fsp3) is 0.333. The molecule has 2 unspecified atom stereocenters. The number of Topliss-reactive ketones (excluding diaryl/α,β-unsaturated/α-hetero) is 1. The first kappa shape index (κ1) is 33.8. The van der Waals surface area contributed by atoms with Crippen molar-refractivity contribution >= 4 is 34.6 Å². The lowest BCUT2D eigenvalue weighted by atomic mass is 9.99. The van der Waals surface area contributed by atoms with Crippen LogP contribution in [-0.2, 0) is 45.6 Å². The third-order valence-electron chi connectivity index (χ3n) is 7.64. The molecule has 2 atom stereocenters. The number of aromatic nitrogens is 1. The zero-order chi connectivity index (χ0) is 33.1. The highest BCUT2D eigenvalue weighted by atomic mass is 16.5. The molecule has 1 heterocycles. The Labute approximate surface area is 269 Å². The summed E-state index contributed by atoms with van der Waals surface area (Å²) in [7, 11) is 3.52. The molecule has 1 aromatic heterocycles. The van der Waals surface area contributed by atoms with Crippen molar-refractivity contribution < 1.29 is 28.7 Å². The number of carbonyl (C=O) groups is 4. The first-order valence-electron chi connectivity index (χ1n) is 15.4. The minimum atomic E-state index is -1.17. The normalized spacial score (nSPS) is 12.3. The van der Waals surface area contributed by atoms with Gasteiger partial charge in [0.1, 0.15) is 24.4 Å². The number of benzene rings is 3. The molecule has 10 heteroatoms. The molecule has 4 rings (SSSR count). The van der Waals surface area contributed by atoms with Crippen molar-refractivity contribution in [2.75, 3.05) is 13.7 Å². The van der Waals surface area contributed by atoms with Gasteiger partial charge in [-0.1, -0.05) is 74.5 Å². The van der Waals surface area contributed by atoms with E-state index in [2.05, 4.69) is 16.0 Å². The molecule has 3 amide bonds. The van der Waals surface area contributed by atoms with Crippen molar-refractivity contribution in [3.8, 4) is 5.75 Å². The van der Waals surface area contributed by atoms with Gasteiger partial charge < -0.3 is 30.0 Å². The van der Waals surface area contributed by atoms with Crippen molar-refractivity contribution in [2.45, 2.75) is 51.8 Å². The summed E-state index contributed by atoms with van der Waals surface area (Å²) in [4.78, 5) is 52.9. The van der Waals surface area contributed by atoms with Crippen LogP contribution in [0, 0.1) is 5.92 Å². The maximum atomic E-state index is 13.6. The van der Waals surface area contributed by atoms with Crippen molar-refractivity contribution in [3.05, 3.63) is 102 Å². The number of ketones is 1. The lowest BCUT2D eigenvalue weighted by Gasteiger charge is -2.24. The number of nitrogens with one attached hydrogen (secondary N) is 3. The van der Waals surface area contributed by atoms with Gasteiger partial charge in [-0.3, -0.25) is 14.4 Å². The van der Waals surface area contributed by atoms with Crippen LogP contribution in [0.15, 0.2) is 85.1 Å². The minimum Gasteiger partial charge on any atom is -0.497 e. The molecular formula is C36H42N4O6. The first-order valence-corrected chi connectivity index (χ1v) is 15.4. The molecule has 3 N–H and O–H groups in total. The van der Waals surface area contributed by atoms with Crippen molar-refractivity contribution in [3.63, 3.8) is 0 Å². The van der Waals surface area contributed by atoms with Gasteiger partial charge in [0.2, 0.25) is 11.7 Å². The summed E-state index contributed by atoms with van der Waals surface area (Å²) >= 11 is 0. The van der Waals surface area contributed by atoms with Gasteiger partial charge in [-0.25, -0.2) is 4.79 Å². The monoisotopic (exact) mass is 626 g/mol. The average Bonchev–Trinajstić information content (AvgIpc) is 3.38. The van der Waals surface area contributed by atoms with E-state index >= 15 is 0 Å². The largest absolute Gasteiger partial charge is 0.497 e. The second-order valence-corrected chi connectivity index (χ2v) is 11.7. The van der Waals surface area contributed by atoms with Gasteiger partial charge in [0, 0.05) is 37.1 Å². The summed E-state index contributed by atoms with van der Waals surface area (Å²) in [6.07, 6.45) is 2.15. The zero-order valence-electron chi connectivity index (χ0n) is 26.7. The van der Waals surface area contributed by atoms with Crippen LogP contribution in [0.5, 0.6) is 5.75 Å². The molecule has 0 radical (unpaired) electrons. The maximum absolute atomic E-state index is 13.6. The summed E-state index contributed by atoms with van der Waals surface area (Å²) in [5.41, 5.74) is 3.66. The van der Waals surface area contributed by atoms with E-state index in [1.807, 2.05) is 86.3 Å². The van der Waals surface area contributed by atoms with E-state index in [0.29, 0.717) is 18.6 Å². The lowest BCUT2D eigenvalue weighted by Crippen LogP contribution is -2.55. The average molecular weight is 627 g/mol. The molecule has 0 fully saturated rings. The second-order valence-electron chi connectivity index (χ2n) is 11.7. The molecule has 0 saturated carbocycles. The number of rotatable bonds is 15. The highest BCUT2D eigenvalue weighted by molar-refractivity contribution is 6.38. The highest BCUT2D eigenvalue weighted by Crippen LogP contribution is 2.20. The molecular weight excluding hydrogens is 584 g/mol. The Hall–Kier alpha value is -5.12. The number of hydrogen-bond donors (Lipinski definition) is 3. The Bertz CT molecular complexity index is 1630. The Kier molecular flexibility index (Phi) is 11.9. The fourth-order valence-corrected chi connectivity index (χ4v) is 5.27. The quantitative estimate of drug-likeness (QED) is 0.167. The van der Waals surface area contributed by atoms with E-state index in [1.165, 1.54) is 0 Å². The predicted octanol–water partition coefficient (Wildman–Crippen LogP) is 4.48. The number of alkyl carbamates (subject to hydrolysis) is 1. The summed E-state index contributed by atoms with van der Waals surface area (Å²) < 4.78 is 12.6. The fourth-order valence-electron chi connectivity index (χ4n) is 5.27. The number of ether oxygens (including phenoxy) is 2. The highest BCUT2D eigenvalue weighted by Gasteiger charge is 2.31. The lowest BCUT2D eigenvalue weighted by molar-refractivity contribution is -0.140. The molecule has 3 aromatic carbocycles. The van der Waals surface area contributed by atoms with E-state index in [9.17, 15) is 19.2 Å². The van der Waals surface area contributed by atoms with Crippen LogP contribution in [0.4, 0.5) is 4.79 Å². The third-order valence-corrected chi connectivity index (χ3v) is 7.64. The molecule has 0 aliphatic carbocycles. The molecule has 10 nitrogen and oxygen atoms in total. The Morgan fingerprint density at radius 3 is 2.22 bits per heavy atom. The van der Waals surface area contributed by atoms with Gasteiger partial charge in [0.05, 0.1) is 7.11 Å². The minimum absolute atomic E-state index is 0.0401. The van der Waals surface area contributed by atoms with Gasteiger partial charge in [0.25, 0.3) is 5.91 Å². The summed E-state index contributed by atoms with van der Waals surface area (Å²) in [5, 5.41) is 9.19. The predicted molar refractivity (Wildman–Crippen MR) is 176 cm³/mol. The number of aryl methyl sites for hydroxylation is 1. The van der Waals surface area contributed by atoms with Crippen LogP contribution >= 0.6 is 0 Å². The molecule has 4 aromatic rings. The van der Waals surface area contributed by atoms with Crippen molar-refractivity contribution in [1.82, 2.24) is 20.5 Å². The van der Waals surface area contributed by atoms with Gasteiger partial charge in [0.15, 0.2) is 0 Å². The van der Waals surface area contributed by atoms with Crippen LogP contribution in [0.25, 0.3) is 10.9 Å². The topological polar surface area (TPSA) is 128 Å². The van der Waals surface area contributed by atoms with E-state index in [-0.39, 0.29) is 25.5 Å². The second kappa shape index (κ2) is 16.3. The standard InChI is InChI=1S/C36H42N4O6/c1-24(2)20-31(39-36(44)46-23-26-10-6-5-7-11-26)34(42)38-30(21-25-14-16-28(45-4)17-15-25)33(41)35(43)37-19-18-27-22-40(3)32-13-9-8-12-29(27)32/h5-17,22,24,30-31H,18-21,23H2,1-4H3,(H,37,43)(H,38,42)(H,39,44). The van der Waals surface area contributed by atoms with E-state index in [4.69, 9.17) is 9.47 Å². The van der Waals surface area contributed by atoms with Crippen LogP contribution in [0.2, 0.25) is 0 Å². The molecule has 0 aliphatic rings. The van der Waals surface area contributed by atoms with Crippen LogP contribution in [0.3, 0.4) is 0 Å². The summed E-state index contributed by atoms with van der Waals surface area (Å²) in [6, 6.07) is 22.1. The third kappa shape index (κ3) is 9.44. The number of carbonyl (C=O) groups excluding carboxylic acids is 4.